The Kier molecular flexibility index (Phi) is 27.8. The Balaban J connectivity index is 2.22. The van der Waals surface area contributed by atoms with Gasteiger partial charge in [0.05, 0.1) is 0 Å². The van der Waals surface area contributed by atoms with Crippen molar-refractivity contribution < 1.29 is 9.59 Å². The summed E-state index contributed by atoms with van der Waals surface area (Å²) in [5, 5.41) is 6.12. The zero-order chi connectivity index (χ0) is 33.5. The Hall–Kier alpha value is -1.92. The van der Waals surface area contributed by atoms with Crippen LogP contribution in [0.1, 0.15) is 177 Å². The summed E-state index contributed by atoms with van der Waals surface area (Å²) in [4.78, 5) is 30.5. The first-order valence-electron chi connectivity index (χ1n) is 19.7. The summed E-state index contributed by atoms with van der Waals surface area (Å²) in [5.41, 5.74) is 1.09. The number of benzene rings is 1. The van der Waals surface area contributed by atoms with Crippen LogP contribution in [0, 0.1) is 0 Å². The van der Waals surface area contributed by atoms with Gasteiger partial charge in [-0.25, -0.2) is 0 Å². The zero-order valence-corrected chi connectivity index (χ0v) is 30.8. The number of amides is 2. The Morgan fingerprint density at radius 2 is 0.804 bits per heavy atom. The Bertz CT molecular complexity index is 796. The highest BCUT2D eigenvalue weighted by atomic mass is 16.2. The highest BCUT2D eigenvalue weighted by molar-refractivity contribution is 5.99. The van der Waals surface area contributed by atoms with E-state index in [9.17, 15) is 9.59 Å². The van der Waals surface area contributed by atoms with Crippen LogP contribution in [0.15, 0.2) is 24.3 Å². The second kappa shape index (κ2) is 30.4. The van der Waals surface area contributed by atoms with Gasteiger partial charge < -0.3 is 20.4 Å². The smallest absolute Gasteiger partial charge is 0.251 e. The van der Waals surface area contributed by atoms with Gasteiger partial charge in [-0.1, -0.05) is 149 Å². The SMILES string of the molecule is CCCCCCCCCCCCN(CC)CCNC(=O)c1cccc(C(=O)NCCN(CC)CCCCCCCCCCCC)c1. The van der Waals surface area contributed by atoms with Crippen molar-refractivity contribution in [3.63, 3.8) is 0 Å². The number of carbonyl (C=O) groups is 2. The van der Waals surface area contributed by atoms with E-state index in [1.54, 1.807) is 24.3 Å². The molecule has 46 heavy (non-hydrogen) atoms. The van der Waals surface area contributed by atoms with E-state index >= 15 is 0 Å². The van der Waals surface area contributed by atoms with E-state index in [0.29, 0.717) is 24.2 Å². The first-order valence-corrected chi connectivity index (χ1v) is 19.7. The standard InChI is InChI=1S/C40H74N4O2/c1-5-9-11-13-15-17-19-21-23-25-32-43(7-3)34-30-41-39(45)37-28-27-29-38(36-37)40(46)42-31-35-44(8-4)33-26-24-22-20-18-16-14-12-10-6-2/h27-29,36H,5-26,30-35H2,1-4H3,(H,41,45)(H,42,46). The molecule has 0 unspecified atom stereocenters. The van der Waals surface area contributed by atoms with Gasteiger partial charge in [-0.3, -0.25) is 9.59 Å². The fourth-order valence-corrected chi connectivity index (χ4v) is 6.16. The summed E-state index contributed by atoms with van der Waals surface area (Å²) in [7, 11) is 0. The molecule has 1 aromatic carbocycles. The van der Waals surface area contributed by atoms with Crippen molar-refractivity contribution in [1.82, 2.24) is 20.4 Å². The van der Waals surface area contributed by atoms with Crippen LogP contribution >= 0.6 is 0 Å². The molecule has 0 spiro atoms. The van der Waals surface area contributed by atoms with Crippen molar-refractivity contribution in [3.05, 3.63) is 35.4 Å². The van der Waals surface area contributed by atoms with Crippen LogP contribution in [0.25, 0.3) is 0 Å². The Morgan fingerprint density at radius 1 is 0.478 bits per heavy atom. The lowest BCUT2D eigenvalue weighted by Gasteiger charge is -2.21. The Labute approximate surface area is 285 Å². The van der Waals surface area contributed by atoms with Crippen LogP contribution < -0.4 is 10.6 Å². The monoisotopic (exact) mass is 643 g/mol. The van der Waals surface area contributed by atoms with E-state index in [1.807, 2.05) is 0 Å². The van der Waals surface area contributed by atoms with Crippen molar-refractivity contribution in [2.45, 2.75) is 156 Å². The molecule has 0 aliphatic carbocycles. The molecule has 0 aliphatic rings. The van der Waals surface area contributed by atoms with Crippen LogP contribution in [0.3, 0.4) is 0 Å². The predicted octanol–water partition coefficient (Wildman–Crippen LogP) is 9.63. The van der Waals surface area contributed by atoms with Crippen LogP contribution in [0.4, 0.5) is 0 Å². The molecule has 0 aromatic heterocycles. The topological polar surface area (TPSA) is 64.7 Å². The van der Waals surface area contributed by atoms with E-state index < -0.39 is 0 Å². The first-order chi connectivity index (χ1) is 22.5. The van der Waals surface area contributed by atoms with E-state index in [1.165, 1.54) is 128 Å². The number of carbonyl (C=O) groups excluding carboxylic acids is 2. The van der Waals surface area contributed by atoms with Crippen LogP contribution in [0.5, 0.6) is 0 Å². The van der Waals surface area contributed by atoms with Gasteiger partial charge in [-0.2, -0.15) is 0 Å². The maximum atomic E-state index is 12.8. The average Bonchev–Trinajstić information content (AvgIpc) is 3.08. The number of hydrogen-bond acceptors (Lipinski definition) is 4. The van der Waals surface area contributed by atoms with E-state index in [-0.39, 0.29) is 11.8 Å². The summed E-state index contributed by atoms with van der Waals surface area (Å²) >= 11 is 0. The lowest BCUT2D eigenvalue weighted by Crippen LogP contribution is -2.36. The molecule has 0 heterocycles. The predicted molar refractivity (Wildman–Crippen MR) is 199 cm³/mol. The van der Waals surface area contributed by atoms with Crippen molar-refractivity contribution in [3.8, 4) is 0 Å². The molecule has 1 rings (SSSR count). The number of likely N-dealkylation sites (N-methyl/N-ethyl adjacent to an activating group) is 2. The molecule has 0 aliphatic heterocycles. The molecule has 2 amide bonds. The second-order valence-corrected chi connectivity index (χ2v) is 13.3. The van der Waals surface area contributed by atoms with Gasteiger partial charge in [0.15, 0.2) is 0 Å². The van der Waals surface area contributed by atoms with Crippen molar-refractivity contribution in [1.29, 1.82) is 0 Å². The fourth-order valence-electron chi connectivity index (χ4n) is 6.16. The fraction of sp³-hybridized carbons (Fsp3) is 0.800. The highest BCUT2D eigenvalue weighted by Gasteiger charge is 2.12. The number of nitrogens with zero attached hydrogens (tertiary/aromatic N) is 2. The van der Waals surface area contributed by atoms with Crippen molar-refractivity contribution in [2.75, 3.05) is 52.4 Å². The summed E-state index contributed by atoms with van der Waals surface area (Å²) in [6.45, 7) is 16.1. The molecule has 0 bridgehead atoms. The molecule has 0 radical (unpaired) electrons. The highest BCUT2D eigenvalue weighted by Crippen LogP contribution is 2.12. The average molecular weight is 643 g/mol. The first kappa shape index (κ1) is 42.1. The maximum Gasteiger partial charge on any atom is 0.251 e. The molecular formula is C40H74N4O2. The minimum absolute atomic E-state index is 0.113. The van der Waals surface area contributed by atoms with Crippen LogP contribution in [-0.4, -0.2) is 74.0 Å². The maximum absolute atomic E-state index is 12.8. The van der Waals surface area contributed by atoms with Gasteiger partial charge in [0.25, 0.3) is 11.8 Å². The van der Waals surface area contributed by atoms with Crippen LogP contribution in [0.2, 0.25) is 0 Å². The second-order valence-electron chi connectivity index (χ2n) is 13.3. The van der Waals surface area contributed by atoms with E-state index in [0.717, 1.165) is 39.3 Å². The normalized spacial score (nSPS) is 11.4. The molecule has 0 saturated carbocycles. The molecule has 0 saturated heterocycles. The third kappa shape index (κ3) is 22.6. The molecule has 2 N–H and O–H groups in total. The summed E-state index contributed by atoms with van der Waals surface area (Å²) in [6.07, 6.45) is 27.0. The zero-order valence-electron chi connectivity index (χ0n) is 30.8. The molecule has 6 heteroatoms. The Morgan fingerprint density at radius 3 is 1.13 bits per heavy atom. The van der Waals surface area contributed by atoms with Gasteiger partial charge in [-0.15, -0.1) is 0 Å². The van der Waals surface area contributed by atoms with Gasteiger partial charge in [0.1, 0.15) is 0 Å². The number of unbranched alkanes of at least 4 members (excludes halogenated alkanes) is 18. The van der Waals surface area contributed by atoms with E-state index in [2.05, 4.69) is 48.1 Å². The lowest BCUT2D eigenvalue weighted by atomic mass is 10.1. The van der Waals surface area contributed by atoms with Gasteiger partial charge in [-0.05, 0) is 57.2 Å². The summed E-state index contributed by atoms with van der Waals surface area (Å²) in [5.74, 6) is -0.225. The summed E-state index contributed by atoms with van der Waals surface area (Å²) in [6, 6.07) is 7.10. The largest absolute Gasteiger partial charge is 0.351 e. The third-order valence-electron chi connectivity index (χ3n) is 9.36. The molecule has 0 atom stereocenters. The summed E-state index contributed by atoms with van der Waals surface area (Å²) < 4.78 is 0. The molecule has 266 valence electrons. The molecular weight excluding hydrogens is 568 g/mol. The number of rotatable bonds is 32. The minimum Gasteiger partial charge on any atom is -0.351 e. The number of hydrogen-bond donors (Lipinski definition) is 2. The third-order valence-corrected chi connectivity index (χ3v) is 9.36. The lowest BCUT2D eigenvalue weighted by molar-refractivity contribution is 0.0947. The van der Waals surface area contributed by atoms with Crippen molar-refractivity contribution >= 4 is 11.8 Å². The van der Waals surface area contributed by atoms with E-state index in [4.69, 9.17) is 0 Å². The van der Waals surface area contributed by atoms with Gasteiger partial charge >= 0.3 is 0 Å². The van der Waals surface area contributed by atoms with Crippen molar-refractivity contribution in [2.24, 2.45) is 0 Å². The molecule has 6 nitrogen and oxygen atoms in total. The van der Waals surface area contributed by atoms with Crippen LogP contribution in [-0.2, 0) is 0 Å². The van der Waals surface area contributed by atoms with Gasteiger partial charge in [0.2, 0.25) is 0 Å². The molecule has 1 aromatic rings. The number of nitrogens with one attached hydrogen (secondary N) is 2. The minimum atomic E-state index is -0.113. The molecule has 0 fully saturated rings. The quantitative estimate of drug-likeness (QED) is 0.0768. The van der Waals surface area contributed by atoms with Gasteiger partial charge in [0, 0.05) is 37.3 Å².